The lowest BCUT2D eigenvalue weighted by Crippen LogP contribution is -2.34. The van der Waals surface area contributed by atoms with Crippen LogP contribution in [0.4, 0.5) is 0 Å². The van der Waals surface area contributed by atoms with Crippen LogP contribution in [0.5, 0.6) is 0 Å². The van der Waals surface area contributed by atoms with Crippen molar-refractivity contribution in [1.29, 1.82) is 0 Å². The van der Waals surface area contributed by atoms with Gasteiger partial charge in [-0.3, -0.25) is 9.59 Å². The van der Waals surface area contributed by atoms with Crippen molar-refractivity contribution in [3.63, 3.8) is 0 Å². The van der Waals surface area contributed by atoms with Gasteiger partial charge < -0.3 is 14.9 Å². The van der Waals surface area contributed by atoms with E-state index in [2.05, 4.69) is 15.0 Å². The van der Waals surface area contributed by atoms with E-state index in [1.807, 2.05) is 19.2 Å². The van der Waals surface area contributed by atoms with Gasteiger partial charge in [0.05, 0.1) is 0 Å². The van der Waals surface area contributed by atoms with E-state index in [1.165, 1.54) is 0 Å². The molecule has 1 aliphatic carbocycles. The van der Waals surface area contributed by atoms with Crippen molar-refractivity contribution in [2.75, 3.05) is 13.1 Å². The number of carbonyl (C=O) groups excluding carboxylic acids is 1. The number of carbonyl (C=O) groups is 1. The Morgan fingerprint density at radius 3 is 2.92 bits per heavy atom. The molecule has 1 fully saturated rings. The van der Waals surface area contributed by atoms with Gasteiger partial charge >= 0.3 is 0 Å². The van der Waals surface area contributed by atoms with Crippen LogP contribution in [0.25, 0.3) is 0 Å². The molecular formula is C18H22N4O2. The van der Waals surface area contributed by atoms with Crippen molar-refractivity contribution in [2.24, 2.45) is 0 Å². The topological polar surface area (TPSA) is 81.8 Å². The summed E-state index contributed by atoms with van der Waals surface area (Å²) in [6.45, 7) is 3.25. The molecule has 6 heteroatoms. The van der Waals surface area contributed by atoms with Gasteiger partial charge in [0.1, 0.15) is 11.4 Å². The van der Waals surface area contributed by atoms with Gasteiger partial charge in [-0.05, 0) is 50.7 Å². The monoisotopic (exact) mass is 326 g/mol. The van der Waals surface area contributed by atoms with Gasteiger partial charge in [-0.1, -0.05) is 0 Å². The molecule has 126 valence electrons. The summed E-state index contributed by atoms with van der Waals surface area (Å²) in [5.74, 6) is 0.997. The Kier molecular flexibility index (Phi) is 3.75. The van der Waals surface area contributed by atoms with Crippen molar-refractivity contribution >= 4 is 5.91 Å². The average molecular weight is 326 g/mol. The predicted octanol–water partition coefficient (Wildman–Crippen LogP) is 1.91. The lowest BCUT2D eigenvalue weighted by Gasteiger charge is -2.19. The molecule has 6 nitrogen and oxygen atoms in total. The zero-order valence-corrected chi connectivity index (χ0v) is 13.9. The fourth-order valence-corrected chi connectivity index (χ4v) is 3.81. The summed E-state index contributed by atoms with van der Waals surface area (Å²) in [6, 6.07) is 1.82. The molecule has 0 saturated carbocycles. The van der Waals surface area contributed by atoms with Crippen molar-refractivity contribution in [3.8, 4) is 0 Å². The van der Waals surface area contributed by atoms with Crippen LogP contribution in [0.1, 0.15) is 58.3 Å². The fraction of sp³-hybridized carbons (Fsp3) is 0.500. The highest BCUT2D eigenvalue weighted by Gasteiger charge is 2.31. The van der Waals surface area contributed by atoms with Gasteiger partial charge in [-0.25, -0.2) is 4.98 Å². The number of hydrogen-bond donors (Lipinski definition) is 2. The molecule has 2 aliphatic rings. The number of imidazole rings is 1. The molecule has 0 radical (unpaired) electrons. The second-order valence-corrected chi connectivity index (χ2v) is 6.91. The predicted molar refractivity (Wildman–Crippen MR) is 90.3 cm³/mol. The Balaban J connectivity index is 1.55. The van der Waals surface area contributed by atoms with E-state index in [9.17, 15) is 9.59 Å². The third-order valence-corrected chi connectivity index (χ3v) is 5.15. The molecule has 1 amide bonds. The number of fused-ring (bicyclic) bond motifs is 1. The molecule has 1 atom stereocenters. The number of rotatable bonds is 2. The molecule has 0 spiro atoms. The average Bonchev–Trinajstić information content (AvgIpc) is 3.22. The van der Waals surface area contributed by atoms with E-state index in [0.717, 1.165) is 54.9 Å². The standard InChI is InChI=1S/C18H22N4O2/c1-11-9-19-16(20-11)13-6-7-22(10-13)18(24)14-8-12-4-2-3-5-15(12)21-17(14)23/h8-9,13H,2-7,10H2,1H3,(H,19,20)(H,21,23). The number of aromatic nitrogens is 3. The molecule has 3 heterocycles. The Bertz CT molecular complexity index is 836. The molecule has 2 N–H and O–H groups in total. The van der Waals surface area contributed by atoms with E-state index >= 15 is 0 Å². The summed E-state index contributed by atoms with van der Waals surface area (Å²) >= 11 is 0. The number of likely N-dealkylation sites (tertiary alicyclic amines) is 1. The van der Waals surface area contributed by atoms with E-state index in [0.29, 0.717) is 13.1 Å². The summed E-state index contributed by atoms with van der Waals surface area (Å²) in [6.07, 6.45) is 6.77. The molecule has 2 aromatic rings. The second-order valence-electron chi connectivity index (χ2n) is 6.91. The van der Waals surface area contributed by atoms with Crippen LogP contribution in [0.15, 0.2) is 17.1 Å². The maximum atomic E-state index is 12.8. The van der Waals surface area contributed by atoms with Gasteiger partial charge in [0.2, 0.25) is 0 Å². The fourth-order valence-electron chi connectivity index (χ4n) is 3.81. The minimum atomic E-state index is -0.252. The number of aryl methyl sites for hydroxylation is 3. The molecule has 0 aromatic carbocycles. The highest BCUT2D eigenvalue weighted by molar-refractivity contribution is 5.94. The first-order valence-corrected chi connectivity index (χ1v) is 8.67. The molecule has 4 rings (SSSR count). The minimum absolute atomic E-state index is 0.157. The molecule has 0 bridgehead atoms. The van der Waals surface area contributed by atoms with Crippen molar-refractivity contribution in [2.45, 2.75) is 44.9 Å². The molecule has 2 aromatic heterocycles. The molecule has 1 aliphatic heterocycles. The Morgan fingerprint density at radius 2 is 2.12 bits per heavy atom. The highest BCUT2D eigenvalue weighted by atomic mass is 16.2. The smallest absolute Gasteiger partial charge is 0.261 e. The third-order valence-electron chi connectivity index (χ3n) is 5.15. The normalized spacial score (nSPS) is 20.2. The zero-order valence-electron chi connectivity index (χ0n) is 13.9. The number of hydrogen-bond acceptors (Lipinski definition) is 3. The third kappa shape index (κ3) is 2.66. The number of nitrogens with zero attached hydrogens (tertiary/aromatic N) is 2. The van der Waals surface area contributed by atoms with Crippen molar-refractivity contribution < 1.29 is 4.79 Å². The lowest BCUT2D eigenvalue weighted by atomic mass is 9.95. The van der Waals surface area contributed by atoms with Gasteiger partial charge in [0.15, 0.2) is 0 Å². The summed E-state index contributed by atoms with van der Waals surface area (Å²) in [5.41, 5.74) is 3.19. The van der Waals surface area contributed by atoms with Crippen molar-refractivity contribution in [1.82, 2.24) is 19.9 Å². The largest absolute Gasteiger partial charge is 0.346 e. The van der Waals surface area contributed by atoms with Crippen LogP contribution in [-0.2, 0) is 12.8 Å². The summed E-state index contributed by atoms with van der Waals surface area (Å²) < 4.78 is 0. The van der Waals surface area contributed by atoms with E-state index in [4.69, 9.17) is 0 Å². The van der Waals surface area contributed by atoms with Crippen LogP contribution in [0.3, 0.4) is 0 Å². The SMILES string of the molecule is Cc1cnc(C2CCN(C(=O)c3cc4c([nH]c3=O)CCCC4)C2)[nH]1. The van der Waals surface area contributed by atoms with Crippen LogP contribution in [0, 0.1) is 6.92 Å². The number of aromatic amines is 2. The first-order chi connectivity index (χ1) is 11.6. The van der Waals surface area contributed by atoms with Gasteiger partial charge in [0.25, 0.3) is 11.5 Å². The van der Waals surface area contributed by atoms with Gasteiger partial charge in [-0.2, -0.15) is 0 Å². The number of nitrogens with one attached hydrogen (secondary N) is 2. The highest BCUT2D eigenvalue weighted by Crippen LogP contribution is 2.26. The lowest BCUT2D eigenvalue weighted by molar-refractivity contribution is 0.0788. The number of pyridine rings is 1. The van der Waals surface area contributed by atoms with Gasteiger partial charge in [-0.15, -0.1) is 0 Å². The van der Waals surface area contributed by atoms with E-state index < -0.39 is 0 Å². The molecule has 1 saturated heterocycles. The van der Waals surface area contributed by atoms with E-state index in [-0.39, 0.29) is 22.9 Å². The van der Waals surface area contributed by atoms with Crippen LogP contribution in [0.2, 0.25) is 0 Å². The number of amides is 1. The van der Waals surface area contributed by atoms with Gasteiger partial charge in [0, 0.05) is 36.6 Å². The maximum absolute atomic E-state index is 12.8. The van der Waals surface area contributed by atoms with E-state index in [1.54, 1.807) is 4.90 Å². The summed E-state index contributed by atoms with van der Waals surface area (Å²) in [7, 11) is 0. The first-order valence-electron chi connectivity index (χ1n) is 8.67. The number of H-pyrrole nitrogens is 2. The minimum Gasteiger partial charge on any atom is -0.346 e. The maximum Gasteiger partial charge on any atom is 0.261 e. The van der Waals surface area contributed by atoms with Crippen LogP contribution in [-0.4, -0.2) is 38.8 Å². The zero-order chi connectivity index (χ0) is 16.7. The Labute approximate surface area is 140 Å². The Morgan fingerprint density at radius 1 is 1.29 bits per heavy atom. The first kappa shape index (κ1) is 15.2. The molecule has 24 heavy (non-hydrogen) atoms. The second kappa shape index (κ2) is 5.92. The van der Waals surface area contributed by atoms with Crippen molar-refractivity contribution in [3.05, 3.63) is 51.0 Å². The molecule has 1 unspecified atom stereocenters. The quantitative estimate of drug-likeness (QED) is 0.884. The molecular weight excluding hydrogens is 304 g/mol. The summed E-state index contributed by atoms with van der Waals surface area (Å²) in [5, 5.41) is 0. The van der Waals surface area contributed by atoms with Crippen LogP contribution < -0.4 is 5.56 Å². The Hall–Kier alpha value is -2.37. The summed E-state index contributed by atoms with van der Waals surface area (Å²) in [4.78, 5) is 37.5. The van der Waals surface area contributed by atoms with Crippen LogP contribution >= 0.6 is 0 Å².